The number of hydrogen-bond acceptors (Lipinski definition) is 3. The highest BCUT2D eigenvalue weighted by Crippen LogP contribution is 2.27. The van der Waals surface area contributed by atoms with Crippen LogP contribution in [0.4, 0.5) is 0 Å². The topological polar surface area (TPSA) is 42.2 Å². The Morgan fingerprint density at radius 3 is 2.36 bits per heavy atom. The molecule has 0 aliphatic heterocycles. The van der Waals surface area contributed by atoms with E-state index in [1.165, 1.54) is 11.1 Å². The zero-order valence-electron chi connectivity index (χ0n) is 14.8. The molecule has 3 aromatic rings. The maximum atomic E-state index is 9.49. The van der Waals surface area contributed by atoms with Gasteiger partial charge >= 0.3 is 0 Å². The fourth-order valence-electron chi connectivity index (χ4n) is 2.94. The highest BCUT2D eigenvalue weighted by Gasteiger charge is 2.09. The molecule has 25 heavy (non-hydrogen) atoms. The molecule has 3 nitrogen and oxygen atoms in total. The molecule has 0 spiro atoms. The van der Waals surface area contributed by atoms with Crippen molar-refractivity contribution in [3.05, 3.63) is 70.8 Å². The Morgan fingerprint density at radius 1 is 0.880 bits per heavy atom. The first-order chi connectivity index (χ1) is 12.1. The predicted molar refractivity (Wildman–Crippen MR) is 100 cm³/mol. The Balaban J connectivity index is 1.69. The van der Waals surface area contributed by atoms with Crippen LogP contribution in [0.1, 0.15) is 22.3 Å². The molecule has 0 radical (unpaired) electrons. The Morgan fingerprint density at radius 2 is 1.60 bits per heavy atom. The minimum atomic E-state index is 0.388. The summed E-state index contributed by atoms with van der Waals surface area (Å²) in [4.78, 5) is 0. The van der Waals surface area contributed by atoms with E-state index in [2.05, 4.69) is 32.9 Å². The van der Waals surface area contributed by atoms with Crippen molar-refractivity contribution in [1.29, 1.82) is 5.26 Å². The SMILES string of the molecule is Cc1cc(C)c(C)c(OCCOc2ccc3ccccc3c2C#N)c1. The highest BCUT2D eigenvalue weighted by atomic mass is 16.5. The van der Waals surface area contributed by atoms with Crippen molar-refractivity contribution in [2.24, 2.45) is 0 Å². The Kier molecular flexibility index (Phi) is 4.90. The van der Waals surface area contributed by atoms with E-state index in [-0.39, 0.29) is 0 Å². The molecule has 3 rings (SSSR count). The van der Waals surface area contributed by atoms with Crippen LogP contribution in [0.5, 0.6) is 11.5 Å². The Hall–Kier alpha value is -2.99. The van der Waals surface area contributed by atoms with E-state index in [0.717, 1.165) is 22.1 Å². The summed E-state index contributed by atoms with van der Waals surface area (Å²) in [7, 11) is 0. The van der Waals surface area contributed by atoms with Gasteiger partial charge < -0.3 is 9.47 Å². The standard InChI is InChI=1S/C22H21NO2/c1-15-12-16(2)17(3)22(13-15)25-11-10-24-21-9-8-18-6-4-5-7-19(18)20(21)14-23/h4-9,12-13H,10-11H2,1-3H3. The van der Waals surface area contributed by atoms with Crippen LogP contribution in [0.25, 0.3) is 10.8 Å². The van der Waals surface area contributed by atoms with Crippen molar-refractivity contribution in [2.45, 2.75) is 20.8 Å². The van der Waals surface area contributed by atoms with Crippen molar-refractivity contribution in [1.82, 2.24) is 0 Å². The van der Waals surface area contributed by atoms with Crippen LogP contribution in [0.2, 0.25) is 0 Å². The Labute approximate surface area is 148 Å². The molecule has 0 saturated heterocycles. The van der Waals surface area contributed by atoms with Gasteiger partial charge in [0.05, 0.1) is 0 Å². The molecule has 0 bridgehead atoms. The minimum absolute atomic E-state index is 0.388. The molecule has 0 aliphatic rings. The van der Waals surface area contributed by atoms with Gasteiger partial charge in [0.2, 0.25) is 0 Å². The smallest absolute Gasteiger partial charge is 0.137 e. The molecule has 3 aromatic carbocycles. The lowest BCUT2D eigenvalue weighted by molar-refractivity contribution is 0.216. The van der Waals surface area contributed by atoms with E-state index >= 15 is 0 Å². The van der Waals surface area contributed by atoms with Gasteiger partial charge in [-0.2, -0.15) is 5.26 Å². The van der Waals surface area contributed by atoms with E-state index in [9.17, 15) is 5.26 Å². The van der Waals surface area contributed by atoms with Crippen LogP contribution in [-0.4, -0.2) is 13.2 Å². The molecule has 0 aliphatic carbocycles. The lowest BCUT2D eigenvalue weighted by Crippen LogP contribution is -2.10. The number of aryl methyl sites for hydroxylation is 2. The van der Waals surface area contributed by atoms with Crippen molar-refractivity contribution in [3.8, 4) is 17.6 Å². The zero-order valence-corrected chi connectivity index (χ0v) is 14.8. The molecule has 126 valence electrons. The summed E-state index contributed by atoms with van der Waals surface area (Å²) in [6.07, 6.45) is 0. The number of nitrogens with zero attached hydrogens (tertiary/aromatic N) is 1. The van der Waals surface area contributed by atoms with Crippen LogP contribution in [0.3, 0.4) is 0 Å². The molecule has 0 aromatic heterocycles. The largest absolute Gasteiger partial charge is 0.490 e. The maximum Gasteiger partial charge on any atom is 0.137 e. The number of nitriles is 1. The van der Waals surface area contributed by atoms with Crippen LogP contribution in [0, 0.1) is 32.1 Å². The fourth-order valence-corrected chi connectivity index (χ4v) is 2.94. The van der Waals surface area contributed by atoms with E-state index in [1.807, 2.05) is 42.5 Å². The average Bonchev–Trinajstić information content (AvgIpc) is 2.62. The van der Waals surface area contributed by atoms with Crippen molar-refractivity contribution >= 4 is 10.8 Å². The van der Waals surface area contributed by atoms with E-state index in [4.69, 9.17) is 9.47 Å². The summed E-state index contributed by atoms with van der Waals surface area (Å²) in [5, 5.41) is 11.4. The second-order valence-corrected chi connectivity index (χ2v) is 6.17. The maximum absolute atomic E-state index is 9.49. The van der Waals surface area contributed by atoms with Crippen LogP contribution < -0.4 is 9.47 Å². The first kappa shape index (κ1) is 16.9. The fraction of sp³-hybridized carbons (Fsp3) is 0.227. The van der Waals surface area contributed by atoms with Crippen LogP contribution >= 0.6 is 0 Å². The molecule has 0 heterocycles. The number of ether oxygens (including phenoxy) is 2. The Bertz CT molecular complexity index is 954. The van der Waals surface area contributed by atoms with Crippen LogP contribution in [-0.2, 0) is 0 Å². The number of rotatable bonds is 5. The van der Waals surface area contributed by atoms with Crippen molar-refractivity contribution < 1.29 is 9.47 Å². The van der Waals surface area contributed by atoms with Gasteiger partial charge in [0.15, 0.2) is 0 Å². The van der Waals surface area contributed by atoms with Gasteiger partial charge in [-0.3, -0.25) is 0 Å². The van der Waals surface area contributed by atoms with Gasteiger partial charge in [0, 0.05) is 5.39 Å². The molecule has 0 fully saturated rings. The number of benzene rings is 3. The summed E-state index contributed by atoms with van der Waals surface area (Å²) in [5.74, 6) is 1.49. The third kappa shape index (κ3) is 3.59. The number of hydrogen-bond donors (Lipinski definition) is 0. The summed E-state index contributed by atoms with van der Waals surface area (Å²) in [5.41, 5.74) is 4.12. The molecule has 3 heteroatoms. The molecule has 0 unspecified atom stereocenters. The first-order valence-corrected chi connectivity index (χ1v) is 8.35. The molecule has 0 amide bonds. The van der Waals surface area contributed by atoms with E-state index < -0.39 is 0 Å². The van der Waals surface area contributed by atoms with Gasteiger partial charge in [0.25, 0.3) is 0 Å². The average molecular weight is 331 g/mol. The van der Waals surface area contributed by atoms with Crippen molar-refractivity contribution in [3.63, 3.8) is 0 Å². The van der Waals surface area contributed by atoms with Crippen molar-refractivity contribution in [2.75, 3.05) is 13.2 Å². The van der Waals surface area contributed by atoms with Crippen LogP contribution in [0.15, 0.2) is 48.5 Å². The molecule has 0 N–H and O–H groups in total. The normalized spacial score (nSPS) is 10.5. The lowest BCUT2D eigenvalue weighted by Gasteiger charge is -2.14. The molecular formula is C22H21NO2. The number of fused-ring (bicyclic) bond motifs is 1. The minimum Gasteiger partial charge on any atom is -0.490 e. The lowest BCUT2D eigenvalue weighted by atomic mass is 10.0. The summed E-state index contributed by atoms with van der Waals surface area (Å²) in [6, 6.07) is 18.1. The van der Waals surface area contributed by atoms with Gasteiger partial charge in [-0.1, -0.05) is 36.4 Å². The van der Waals surface area contributed by atoms with Gasteiger partial charge in [0.1, 0.15) is 36.3 Å². The summed E-state index contributed by atoms with van der Waals surface area (Å²) >= 11 is 0. The summed E-state index contributed by atoms with van der Waals surface area (Å²) < 4.78 is 11.7. The predicted octanol–water partition coefficient (Wildman–Crippen LogP) is 5.09. The second kappa shape index (κ2) is 7.27. The quantitative estimate of drug-likeness (QED) is 0.611. The third-order valence-corrected chi connectivity index (χ3v) is 4.37. The second-order valence-electron chi connectivity index (χ2n) is 6.17. The summed E-state index contributed by atoms with van der Waals surface area (Å²) in [6.45, 7) is 7.02. The third-order valence-electron chi connectivity index (χ3n) is 4.37. The van der Waals surface area contributed by atoms with Gasteiger partial charge in [-0.25, -0.2) is 0 Å². The highest BCUT2D eigenvalue weighted by molar-refractivity contribution is 5.90. The zero-order chi connectivity index (χ0) is 17.8. The van der Waals surface area contributed by atoms with Gasteiger partial charge in [-0.05, 0) is 55.0 Å². The molecular weight excluding hydrogens is 310 g/mol. The van der Waals surface area contributed by atoms with Gasteiger partial charge in [-0.15, -0.1) is 0 Å². The monoisotopic (exact) mass is 331 g/mol. The van der Waals surface area contributed by atoms with E-state index in [1.54, 1.807) is 0 Å². The van der Waals surface area contributed by atoms with E-state index in [0.29, 0.717) is 24.5 Å². The molecule has 0 saturated carbocycles. The first-order valence-electron chi connectivity index (χ1n) is 8.35. The molecule has 0 atom stereocenters.